The third-order valence-corrected chi connectivity index (χ3v) is 4.38. The van der Waals surface area contributed by atoms with E-state index in [1.165, 1.54) is 0 Å². The van der Waals surface area contributed by atoms with Crippen molar-refractivity contribution in [1.82, 2.24) is 15.4 Å². The Morgan fingerprint density at radius 1 is 1.23 bits per heavy atom. The van der Waals surface area contributed by atoms with E-state index in [1.54, 1.807) is 6.92 Å². The highest BCUT2D eigenvalue weighted by atomic mass is 16.5. The highest BCUT2D eigenvalue weighted by Gasteiger charge is 2.42. The Hall–Kier alpha value is -1.98. The lowest BCUT2D eigenvalue weighted by Gasteiger charge is -2.38. The summed E-state index contributed by atoms with van der Waals surface area (Å²) in [5, 5.41) is 32.2. The van der Waals surface area contributed by atoms with Crippen molar-refractivity contribution in [3.8, 4) is 0 Å². The Morgan fingerprint density at radius 3 is 2.64 bits per heavy atom. The van der Waals surface area contributed by atoms with E-state index < -0.39 is 11.7 Å². The van der Waals surface area contributed by atoms with Gasteiger partial charge in [-0.15, -0.1) is 5.10 Å². The smallest absolute Gasteiger partial charge is 0.196 e. The number of nitrogens with zero attached hydrogens (tertiary/aromatic N) is 2. The van der Waals surface area contributed by atoms with Gasteiger partial charge in [0.1, 0.15) is 5.52 Å². The molecule has 0 aliphatic heterocycles. The van der Waals surface area contributed by atoms with Crippen LogP contribution in [0.1, 0.15) is 39.2 Å². The topological polar surface area (TPSA) is 82.0 Å². The monoisotopic (exact) mass is 299 g/mol. The first-order valence-corrected chi connectivity index (χ1v) is 7.37. The van der Waals surface area contributed by atoms with Gasteiger partial charge in [-0.3, -0.25) is 5.10 Å². The molecule has 0 fully saturated rings. The summed E-state index contributed by atoms with van der Waals surface area (Å²) in [5.41, 5.74) is 3.57. The standard InChI is InChI=1S/C17H21N3O2/c1-10-12(16(2,3)4)8-9-13(17(10,21)22)11-6-5-7-14-15(11)19-20-18-14/h5-9,13,21-22H,1-4H3,(H,18,19,20). The van der Waals surface area contributed by atoms with E-state index in [0.29, 0.717) is 11.1 Å². The summed E-state index contributed by atoms with van der Waals surface area (Å²) in [7, 11) is 0. The van der Waals surface area contributed by atoms with Gasteiger partial charge in [0, 0.05) is 0 Å². The molecule has 116 valence electrons. The van der Waals surface area contributed by atoms with Gasteiger partial charge >= 0.3 is 0 Å². The van der Waals surface area contributed by atoms with Crippen LogP contribution < -0.4 is 0 Å². The number of hydrogen-bond donors (Lipinski definition) is 3. The van der Waals surface area contributed by atoms with Crippen LogP contribution in [-0.2, 0) is 0 Å². The first-order valence-electron chi connectivity index (χ1n) is 7.37. The average molecular weight is 299 g/mol. The normalized spacial score (nSPS) is 21.6. The molecule has 0 radical (unpaired) electrons. The number of allylic oxidation sites excluding steroid dienone is 2. The molecule has 0 amide bonds. The lowest BCUT2D eigenvalue weighted by Crippen LogP contribution is -2.40. The number of benzene rings is 1. The molecule has 1 aliphatic carbocycles. The third-order valence-electron chi connectivity index (χ3n) is 4.38. The van der Waals surface area contributed by atoms with E-state index in [9.17, 15) is 10.2 Å². The molecule has 1 aromatic carbocycles. The van der Waals surface area contributed by atoms with Crippen LogP contribution >= 0.6 is 0 Å². The fraction of sp³-hybridized carbons (Fsp3) is 0.412. The molecule has 1 heterocycles. The molecule has 0 bridgehead atoms. The third kappa shape index (κ3) is 2.17. The summed E-state index contributed by atoms with van der Waals surface area (Å²) < 4.78 is 0. The summed E-state index contributed by atoms with van der Waals surface area (Å²) in [4.78, 5) is 0. The molecule has 5 nitrogen and oxygen atoms in total. The highest BCUT2D eigenvalue weighted by Crippen LogP contribution is 2.44. The van der Waals surface area contributed by atoms with Crippen molar-refractivity contribution < 1.29 is 10.2 Å². The van der Waals surface area contributed by atoms with E-state index in [2.05, 4.69) is 36.2 Å². The second-order valence-corrected chi connectivity index (χ2v) is 6.91. The number of H-pyrrole nitrogens is 1. The van der Waals surface area contributed by atoms with E-state index in [4.69, 9.17) is 0 Å². The van der Waals surface area contributed by atoms with Crippen molar-refractivity contribution in [2.45, 2.75) is 39.4 Å². The summed E-state index contributed by atoms with van der Waals surface area (Å²) in [6.45, 7) is 7.96. The molecular weight excluding hydrogens is 278 g/mol. The average Bonchev–Trinajstić information content (AvgIpc) is 2.88. The van der Waals surface area contributed by atoms with E-state index in [0.717, 1.165) is 16.7 Å². The minimum Gasteiger partial charge on any atom is -0.361 e. The van der Waals surface area contributed by atoms with Crippen molar-refractivity contribution >= 4 is 11.0 Å². The molecule has 0 spiro atoms. The van der Waals surface area contributed by atoms with Crippen LogP contribution in [0.2, 0.25) is 0 Å². The molecule has 1 unspecified atom stereocenters. The van der Waals surface area contributed by atoms with E-state index in [-0.39, 0.29) is 5.41 Å². The number of rotatable bonds is 1. The second kappa shape index (κ2) is 4.76. The number of hydrogen-bond acceptors (Lipinski definition) is 4. The summed E-state index contributed by atoms with van der Waals surface area (Å²) in [6.07, 6.45) is 3.83. The Bertz CT molecular complexity index is 779. The summed E-state index contributed by atoms with van der Waals surface area (Å²) >= 11 is 0. The summed E-state index contributed by atoms with van der Waals surface area (Å²) in [5.74, 6) is -2.52. The highest BCUT2D eigenvalue weighted by molar-refractivity contribution is 5.78. The first kappa shape index (κ1) is 14.9. The maximum absolute atomic E-state index is 10.8. The quantitative estimate of drug-likeness (QED) is 0.707. The molecule has 1 aliphatic rings. The van der Waals surface area contributed by atoms with Gasteiger partial charge in [-0.1, -0.05) is 50.3 Å². The fourth-order valence-corrected chi connectivity index (χ4v) is 3.16. The molecule has 0 saturated carbocycles. The van der Waals surface area contributed by atoms with Crippen LogP contribution in [-0.4, -0.2) is 31.4 Å². The second-order valence-electron chi connectivity index (χ2n) is 6.91. The van der Waals surface area contributed by atoms with Gasteiger partial charge in [0.15, 0.2) is 5.79 Å². The van der Waals surface area contributed by atoms with Crippen LogP contribution in [0.15, 0.2) is 41.5 Å². The Balaban J connectivity index is 2.14. The van der Waals surface area contributed by atoms with Crippen LogP contribution in [0.5, 0.6) is 0 Å². The number of nitrogens with one attached hydrogen (secondary N) is 1. The van der Waals surface area contributed by atoms with E-state index in [1.807, 2.05) is 30.4 Å². The van der Waals surface area contributed by atoms with Gasteiger partial charge in [-0.05, 0) is 35.1 Å². The number of aromatic amines is 1. The van der Waals surface area contributed by atoms with Crippen molar-refractivity contribution in [2.75, 3.05) is 0 Å². The molecule has 2 aromatic rings. The zero-order chi connectivity index (χ0) is 16.1. The molecule has 22 heavy (non-hydrogen) atoms. The molecule has 0 saturated heterocycles. The van der Waals surface area contributed by atoms with Crippen LogP contribution in [0.25, 0.3) is 11.0 Å². The number of fused-ring (bicyclic) bond motifs is 1. The maximum Gasteiger partial charge on any atom is 0.196 e. The molecule has 1 atom stereocenters. The largest absolute Gasteiger partial charge is 0.361 e. The van der Waals surface area contributed by atoms with Crippen molar-refractivity contribution in [1.29, 1.82) is 0 Å². The van der Waals surface area contributed by atoms with Gasteiger partial charge in [0.25, 0.3) is 0 Å². The Morgan fingerprint density at radius 2 is 1.95 bits per heavy atom. The molecule has 3 N–H and O–H groups in total. The van der Waals surface area contributed by atoms with E-state index >= 15 is 0 Å². The Kier molecular flexibility index (Phi) is 3.23. The predicted molar refractivity (Wildman–Crippen MR) is 85.1 cm³/mol. The minimum atomic E-state index is -1.94. The molecular formula is C17H21N3O2. The van der Waals surface area contributed by atoms with Crippen LogP contribution in [0.3, 0.4) is 0 Å². The lowest BCUT2D eigenvalue weighted by molar-refractivity contribution is -0.139. The van der Waals surface area contributed by atoms with Gasteiger partial charge in [-0.25, -0.2) is 0 Å². The zero-order valence-electron chi connectivity index (χ0n) is 13.3. The molecule has 1 aromatic heterocycles. The van der Waals surface area contributed by atoms with Crippen LogP contribution in [0, 0.1) is 5.41 Å². The first-order chi connectivity index (χ1) is 10.2. The molecule has 3 rings (SSSR count). The zero-order valence-corrected chi connectivity index (χ0v) is 13.3. The number of aromatic nitrogens is 3. The molecule has 5 heteroatoms. The lowest BCUT2D eigenvalue weighted by atomic mass is 9.73. The van der Waals surface area contributed by atoms with Crippen molar-refractivity contribution in [3.63, 3.8) is 0 Å². The van der Waals surface area contributed by atoms with Gasteiger partial charge in [-0.2, -0.15) is 0 Å². The predicted octanol–water partition coefficient (Wildman–Crippen LogP) is 2.65. The number of aliphatic hydroxyl groups is 2. The van der Waals surface area contributed by atoms with Crippen molar-refractivity contribution in [2.24, 2.45) is 5.41 Å². The van der Waals surface area contributed by atoms with Gasteiger partial charge in [0.05, 0.1) is 11.4 Å². The van der Waals surface area contributed by atoms with Crippen molar-refractivity contribution in [3.05, 3.63) is 47.1 Å². The van der Waals surface area contributed by atoms with Gasteiger partial charge < -0.3 is 10.2 Å². The minimum absolute atomic E-state index is 0.151. The maximum atomic E-state index is 10.8. The fourth-order valence-electron chi connectivity index (χ4n) is 3.16. The van der Waals surface area contributed by atoms with Crippen LogP contribution in [0.4, 0.5) is 0 Å². The summed E-state index contributed by atoms with van der Waals surface area (Å²) in [6, 6.07) is 5.58. The van der Waals surface area contributed by atoms with Gasteiger partial charge in [0.2, 0.25) is 0 Å². The SMILES string of the molecule is CC1=C(C(C)(C)C)C=CC(c2cccc3[nH]nnc23)C1(O)O. The Labute approximate surface area is 129 Å².